The van der Waals surface area contributed by atoms with Gasteiger partial charge in [-0.2, -0.15) is 0 Å². The summed E-state index contributed by atoms with van der Waals surface area (Å²) in [5, 5.41) is 0. The van der Waals surface area contributed by atoms with Gasteiger partial charge in [0, 0.05) is 31.2 Å². The van der Waals surface area contributed by atoms with E-state index in [-0.39, 0.29) is 52.0 Å². The average molecular weight is 678 g/mol. The number of fused-ring (bicyclic) bond motifs is 5. The van der Waals surface area contributed by atoms with Gasteiger partial charge in [0.2, 0.25) is 0 Å². The predicted octanol–water partition coefficient (Wildman–Crippen LogP) is 3.92. The van der Waals surface area contributed by atoms with Crippen LogP contribution in [-0.4, -0.2) is 78.3 Å². The number of rotatable bonds is 7. The number of nitrogens with zero attached hydrogens (tertiary/aromatic N) is 2. The molecule has 0 aromatic carbocycles. The minimum Gasteiger partial charge on any atom is -1.00 e. The Balaban J connectivity index is 0.00000384. The number of likely N-dealkylation sites (tertiary alicyclic amines) is 2. The van der Waals surface area contributed by atoms with Crippen LogP contribution in [0.25, 0.3) is 0 Å². The van der Waals surface area contributed by atoms with E-state index < -0.39 is 0 Å². The van der Waals surface area contributed by atoms with E-state index >= 15 is 0 Å². The summed E-state index contributed by atoms with van der Waals surface area (Å²) in [5.74, 6) is 2.48. The first kappa shape index (κ1) is 34.4. The summed E-state index contributed by atoms with van der Waals surface area (Å²) in [4.78, 5) is 27.9. The molecular weight excluding hydrogens is 616 g/mol. The van der Waals surface area contributed by atoms with Crippen LogP contribution >= 0.6 is 0 Å². The van der Waals surface area contributed by atoms with Crippen molar-refractivity contribution in [2.24, 2.45) is 34.5 Å². The number of ether oxygens (including phenoxy) is 2. The van der Waals surface area contributed by atoms with E-state index in [1.165, 1.54) is 77.3 Å². The Kier molecular flexibility index (Phi) is 10.7. The van der Waals surface area contributed by atoms with Gasteiger partial charge in [0.05, 0.1) is 19.6 Å². The summed E-state index contributed by atoms with van der Waals surface area (Å²) in [6.07, 6.45) is 18.7. The SMILES string of the molecule is C=CC[N+]1([C@H]2CC3C4CC[C@H]5C[C@H](OC(C)=O)[C@@H](N6CCCCC6)C[C@]5(C)C4CC[C@]3(C)[C@@H]2OC(=O)CC)CCCCC1.[Br-]. The van der Waals surface area contributed by atoms with Gasteiger partial charge in [0.15, 0.2) is 6.10 Å². The van der Waals surface area contributed by atoms with Crippen LogP contribution in [0.15, 0.2) is 12.7 Å². The summed E-state index contributed by atoms with van der Waals surface area (Å²) < 4.78 is 13.8. The van der Waals surface area contributed by atoms with Crippen LogP contribution in [0.3, 0.4) is 0 Å². The lowest BCUT2D eigenvalue weighted by atomic mass is 9.44. The third-order valence-corrected chi connectivity index (χ3v) is 14.2. The van der Waals surface area contributed by atoms with Gasteiger partial charge < -0.3 is 30.9 Å². The Morgan fingerprint density at radius 2 is 1.64 bits per heavy atom. The molecular formula is C37H61BrN2O4. The first-order valence-electron chi connectivity index (χ1n) is 18.2. The van der Waals surface area contributed by atoms with E-state index in [9.17, 15) is 9.59 Å². The largest absolute Gasteiger partial charge is 1.00 e. The van der Waals surface area contributed by atoms with Gasteiger partial charge in [-0.3, -0.25) is 14.5 Å². The third kappa shape index (κ3) is 5.98. The Bertz CT molecular complexity index is 1040. The van der Waals surface area contributed by atoms with Gasteiger partial charge in [-0.1, -0.05) is 33.8 Å². The van der Waals surface area contributed by atoms with Crippen LogP contribution in [0.5, 0.6) is 0 Å². The highest BCUT2D eigenvalue weighted by Crippen LogP contribution is 2.68. The third-order valence-electron chi connectivity index (χ3n) is 14.2. The Hall–Kier alpha value is -0.920. The van der Waals surface area contributed by atoms with Gasteiger partial charge >= 0.3 is 11.9 Å². The monoisotopic (exact) mass is 676 g/mol. The molecule has 3 unspecified atom stereocenters. The predicted molar refractivity (Wildman–Crippen MR) is 170 cm³/mol. The number of carbonyl (C=O) groups is 2. The van der Waals surface area contributed by atoms with E-state index in [2.05, 4.69) is 31.4 Å². The molecule has 6 rings (SSSR count). The fourth-order valence-electron chi connectivity index (χ4n) is 12.2. The second-order valence-electron chi connectivity index (χ2n) is 16.2. The molecule has 0 N–H and O–H groups in total. The summed E-state index contributed by atoms with van der Waals surface area (Å²) in [5.41, 5.74) is 0.320. The first-order valence-corrected chi connectivity index (χ1v) is 18.2. The quantitative estimate of drug-likeness (QED) is 0.233. The molecule has 6 aliphatic rings. The molecule has 0 radical (unpaired) electrons. The number of hydrogen-bond acceptors (Lipinski definition) is 5. The van der Waals surface area contributed by atoms with Gasteiger partial charge in [-0.15, -0.1) is 0 Å². The second kappa shape index (κ2) is 13.7. The molecule has 6 fully saturated rings. The maximum atomic E-state index is 13.0. The number of halogens is 1. The molecule has 0 spiro atoms. The standard InChI is InChI=1S/C37H61N2O4.BrH/c1-6-20-39(21-12-9-13-22-39)32-24-30-28-15-14-27-23-33(42-26(3)40)31(38-18-10-8-11-19-38)25-37(27,5)29(28)16-17-36(30,4)35(32)43-34(41)7-2;/h6,27-33,35H,1,7-25H2,2-5H3;1H/q+1;/p-1/t27-,28?,29?,30?,31-,32-,33-,35+,36-,37-;/m0./s1. The van der Waals surface area contributed by atoms with Crippen molar-refractivity contribution in [3.8, 4) is 0 Å². The summed E-state index contributed by atoms with van der Waals surface area (Å²) in [6.45, 7) is 18.6. The molecule has 2 saturated heterocycles. The zero-order chi connectivity index (χ0) is 30.4. The molecule has 0 bridgehead atoms. The van der Waals surface area contributed by atoms with Crippen molar-refractivity contribution in [3.05, 3.63) is 12.7 Å². The Morgan fingerprint density at radius 3 is 2.30 bits per heavy atom. The highest BCUT2D eigenvalue weighted by molar-refractivity contribution is 5.69. The van der Waals surface area contributed by atoms with Gasteiger partial charge in [0.25, 0.3) is 0 Å². The Morgan fingerprint density at radius 1 is 0.932 bits per heavy atom. The average Bonchev–Trinajstić information content (AvgIpc) is 3.30. The maximum absolute atomic E-state index is 13.0. The Labute approximate surface area is 278 Å². The molecule has 4 saturated carbocycles. The maximum Gasteiger partial charge on any atom is 0.306 e. The molecule has 0 aromatic heterocycles. The van der Waals surface area contributed by atoms with E-state index in [4.69, 9.17) is 9.47 Å². The summed E-state index contributed by atoms with van der Waals surface area (Å²) in [6, 6.07) is 0.732. The van der Waals surface area contributed by atoms with E-state index in [0.29, 0.717) is 42.2 Å². The fourth-order valence-corrected chi connectivity index (χ4v) is 12.2. The number of esters is 2. The van der Waals surface area contributed by atoms with Crippen molar-refractivity contribution in [2.75, 3.05) is 32.7 Å². The van der Waals surface area contributed by atoms with Crippen LogP contribution < -0.4 is 17.0 Å². The molecule has 4 aliphatic carbocycles. The van der Waals surface area contributed by atoms with Crippen LogP contribution in [0, 0.1) is 34.5 Å². The molecule has 250 valence electrons. The molecule has 0 aromatic rings. The smallest absolute Gasteiger partial charge is 0.306 e. The van der Waals surface area contributed by atoms with Crippen molar-refractivity contribution in [2.45, 2.75) is 142 Å². The summed E-state index contributed by atoms with van der Waals surface area (Å²) >= 11 is 0. The number of hydrogen-bond donors (Lipinski definition) is 0. The van der Waals surface area contributed by atoms with Crippen LogP contribution in [0.2, 0.25) is 0 Å². The summed E-state index contributed by atoms with van der Waals surface area (Å²) in [7, 11) is 0. The van der Waals surface area contributed by atoms with Crippen molar-refractivity contribution >= 4 is 11.9 Å². The van der Waals surface area contributed by atoms with Crippen molar-refractivity contribution in [1.29, 1.82) is 0 Å². The van der Waals surface area contributed by atoms with Crippen molar-refractivity contribution in [1.82, 2.24) is 4.90 Å². The van der Waals surface area contributed by atoms with Gasteiger partial charge in [-0.25, -0.2) is 0 Å². The molecule has 7 heteroatoms. The van der Waals surface area contributed by atoms with E-state index in [1.54, 1.807) is 6.92 Å². The van der Waals surface area contributed by atoms with Gasteiger partial charge in [0.1, 0.15) is 12.1 Å². The zero-order valence-electron chi connectivity index (χ0n) is 28.2. The molecule has 2 heterocycles. The lowest BCUT2D eigenvalue weighted by Crippen LogP contribution is -3.00. The minimum atomic E-state index is -0.114. The fraction of sp³-hybridized carbons (Fsp3) is 0.892. The zero-order valence-corrected chi connectivity index (χ0v) is 29.8. The highest BCUT2D eigenvalue weighted by atomic mass is 79.9. The van der Waals surface area contributed by atoms with E-state index in [0.717, 1.165) is 43.4 Å². The number of carbonyl (C=O) groups excluding carboxylic acids is 2. The second-order valence-corrected chi connectivity index (χ2v) is 16.2. The van der Waals surface area contributed by atoms with E-state index in [1.807, 2.05) is 6.92 Å². The normalized spacial score (nSPS) is 43.4. The highest BCUT2D eigenvalue weighted by Gasteiger charge is 2.67. The molecule has 6 nitrogen and oxygen atoms in total. The number of quaternary nitrogens is 1. The number of piperidine rings is 2. The molecule has 10 atom stereocenters. The van der Waals surface area contributed by atoms with Gasteiger partial charge in [-0.05, 0) is 119 Å². The molecule has 2 aliphatic heterocycles. The van der Waals surface area contributed by atoms with Crippen molar-refractivity contribution < 1.29 is 40.5 Å². The van der Waals surface area contributed by atoms with Crippen LogP contribution in [0.4, 0.5) is 0 Å². The minimum absolute atomic E-state index is 0. The molecule has 0 amide bonds. The lowest BCUT2D eigenvalue weighted by molar-refractivity contribution is -0.952. The van der Waals surface area contributed by atoms with Crippen LogP contribution in [-0.2, 0) is 19.1 Å². The van der Waals surface area contributed by atoms with Crippen molar-refractivity contribution in [3.63, 3.8) is 0 Å². The van der Waals surface area contributed by atoms with Crippen LogP contribution in [0.1, 0.15) is 118 Å². The topological polar surface area (TPSA) is 55.8 Å². The first-order chi connectivity index (χ1) is 20.6. The lowest BCUT2D eigenvalue weighted by Gasteiger charge is -2.62. The molecule has 44 heavy (non-hydrogen) atoms.